The number of nitrogens with two attached hydrogens (primary N) is 1. The number of nitrogens with zero attached hydrogens (tertiary/aromatic N) is 2. The fourth-order valence-electron chi connectivity index (χ4n) is 2.49. The second-order valence-electron chi connectivity index (χ2n) is 4.92. The average molecular weight is 303 g/mol. The zero-order valence-corrected chi connectivity index (χ0v) is 12.6. The van der Waals surface area contributed by atoms with Crippen LogP contribution in [0.25, 0.3) is 0 Å². The first kappa shape index (κ1) is 14.0. The summed E-state index contributed by atoms with van der Waals surface area (Å²) in [5.41, 5.74) is 7.77. The molecule has 0 fully saturated rings. The Hall–Kier alpha value is -1.95. The number of anilines is 1. The number of fused-ring (bicyclic) bond motifs is 1. The normalized spacial score (nSPS) is 16.7. The Balaban J connectivity index is 1.78. The van der Waals surface area contributed by atoms with Crippen LogP contribution >= 0.6 is 11.8 Å². The first-order chi connectivity index (χ1) is 10.2. The maximum Gasteiger partial charge on any atom is 0.361 e. The summed E-state index contributed by atoms with van der Waals surface area (Å²) in [6.07, 6.45) is 1.71. The summed E-state index contributed by atoms with van der Waals surface area (Å²) in [6.45, 7) is 2.79. The van der Waals surface area contributed by atoms with Crippen LogP contribution in [0.15, 0.2) is 35.4 Å². The van der Waals surface area contributed by atoms with E-state index in [1.165, 1.54) is 10.5 Å². The first-order valence-electron chi connectivity index (χ1n) is 6.90. The highest BCUT2D eigenvalue weighted by atomic mass is 32.2. The Bertz CT molecular complexity index is 669. The summed E-state index contributed by atoms with van der Waals surface area (Å²) in [7, 11) is 0. The molecule has 21 heavy (non-hydrogen) atoms. The highest BCUT2D eigenvalue weighted by molar-refractivity contribution is 7.99. The van der Waals surface area contributed by atoms with E-state index >= 15 is 0 Å². The molecule has 0 saturated carbocycles. The van der Waals surface area contributed by atoms with Crippen LogP contribution in [0, 0.1) is 0 Å². The minimum Gasteiger partial charge on any atom is -0.461 e. The lowest BCUT2D eigenvalue weighted by molar-refractivity contribution is 0.0519. The van der Waals surface area contributed by atoms with Gasteiger partial charge in [0.1, 0.15) is 0 Å². The van der Waals surface area contributed by atoms with Crippen molar-refractivity contribution in [1.82, 2.24) is 9.78 Å². The van der Waals surface area contributed by atoms with E-state index in [1.54, 1.807) is 17.8 Å². The largest absolute Gasteiger partial charge is 0.461 e. The van der Waals surface area contributed by atoms with E-state index in [4.69, 9.17) is 10.5 Å². The lowest BCUT2D eigenvalue weighted by Gasteiger charge is -2.10. The monoisotopic (exact) mass is 303 g/mol. The SMILES string of the molecule is CCOC(=O)c1nn(CC2CSc3ccccc32)cc1N. The van der Waals surface area contributed by atoms with E-state index < -0.39 is 5.97 Å². The molecule has 5 nitrogen and oxygen atoms in total. The van der Waals surface area contributed by atoms with Gasteiger partial charge in [-0.2, -0.15) is 5.10 Å². The molecule has 110 valence electrons. The Morgan fingerprint density at radius 3 is 3.14 bits per heavy atom. The zero-order chi connectivity index (χ0) is 14.8. The van der Waals surface area contributed by atoms with Crippen molar-refractivity contribution in [2.45, 2.75) is 24.3 Å². The minimum atomic E-state index is -0.463. The van der Waals surface area contributed by atoms with Gasteiger partial charge < -0.3 is 10.5 Å². The van der Waals surface area contributed by atoms with Crippen LogP contribution in [0.5, 0.6) is 0 Å². The molecule has 1 atom stereocenters. The molecule has 0 aliphatic carbocycles. The van der Waals surface area contributed by atoms with Crippen molar-refractivity contribution < 1.29 is 9.53 Å². The van der Waals surface area contributed by atoms with Crippen molar-refractivity contribution in [2.24, 2.45) is 0 Å². The van der Waals surface area contributed by atoms with E-state index in [0.29, 0.717) is 24.8 Å². The number of nitrogen functional groups attached to an aromatic ring is 1. The summed E-state index contributed by atoms with van der Waals surface area (Å²) in [5, 5.41) is 4.27. The number of thioether (sulfide) groups is 1. The van der Waals surface area contributed by atoms with Crippen LogP contribution < -0.4 is 5.73 Å². The molecule has 1 aliphatic rings. The molecule has 2 N–H and O–H groups in total. The van der Waals surface area contributed by atoms with Crippen LogP contribution in [0.1, 0.15) is 28.9 Å². The summed E-state index contributed by atoms with van der Waals surface area (Å²) < 4.78 is 6.69. The van der Waals surface area contributed by atoms with Crippen LogP contribution in [-0.4, -0.2) is 28.1 Å². The molecule has 6 heteroatoms. The Morgan fingerprint density at radius 1 is 1.52 bits per heavy atom. The van der Waals surface area contributed by atoms with E-state index in [2.05, 4.69) is 29.4 Å². The predicted octanol–water partition coefficient (Wildman–Crippen LogP) is 2.53. The molecule has 0 saturated heterocycles. The van der Waals surface area contributed by atoms with Gasteiger partial charge in [0, 0.05) is 29.3 Å². The van der Waals surface area contributed by atoms with Gasteiger partial charge >= 0.3 is 5.97 Å². The van der Waals surface area contributed by atoms with E-state index in [1.807, 2.05) is 11.8 Å². The Labute approximate surface area is 127 Å². The number of hydrogen-bond acceptors (Lipinski definition) is 5. The molecule has 0 amide bonds. The number of esters is 1. The van der Waals surface area contributed by atoms with Crippen LogP contribution in [0.4, 0.5) is 5.69 Å². The lowest BCUT2D eigenvalue weighted by atomic mass is 10.0. The maximum atomic E-state index is 11.7. The molecule has 0 spiro atoms. The quantitative estimate of drug-likeness (QED) is 0.879. The number of hydrogen-bond donors (Lipinski definition) is 1. The number of benzene rings is 1. The van der Waals surface area contributed by atoms with Crippen LogP contribution in [0.2, 0.25) is 0 Å². The molecule has 1 aliphatic heterocycles. The van der Waals surface area contributed by atoms with Crippen molar-refractivity contribution in [3.63, 3.8) is 0 Å². The summed E-state index contributed by atoms with van der Waals surface area (Å²) in [5.74, 6) is 0.948. The topological polar surface area (TPSA) is 70.1 Å². The molecule has 1 unspecified atom stereocenters. The van der Waals surface area contributed by atoms with Crippen molar-refractivity contribution in [3.05, 3.63) is 41.7 Å². The number of carbonyl (C=O) groups is 1. The van der Waals surface area contributed by atoms with Gasteiger partial charge in [-0.15, -0.1) is 11.8 Å². The van der Waals surface area contributed by atoms with Gasteiger partial charge in [0.15, 0.2) is 5.69 Å². The standard InChI is InChI=1S/C15H17N3O2S/c1-2-20-15(19)14-12(16)8-18(17-14)7-10-9-21-13-6-4-3-5-11(10)13/h3-6,8,10H,2,7,9,16H2,1H3. The third kappa shape index (κ3) is 2.76. The van der Waals surface area contributed by atoms with E-state index in [0.717, 1.165) is 5.75 Å². The van der Waals surface area contributed by atoms with Gasteiger partial charge in [0.25, 0.3) is 0 Å². The van der Waals surface area contributed by atoms with E-state index in [-0.39, 0.29) is 5.69 Å². The second kappa shape index (κ2) is 5.81. The summed E-state index contributed by atoms with van der Waals surface area (Å²) in [6, 6.07) is 8.40. The molecule has 1 aromatic heterocycles. The fraction of sp³-hybridized carbons (Fsp3) is 0.333. The van der Waals surface area contributed by atoms with Gasteiger partial charge in [0.05, 0.1) is 12.3 Å². The number of ether oxygens (including phenoxy) is 1. The predicted molar refractivity (Wildman–Crippen MR) is 82.5 cm³/mol. The smallest absolute Gasteiger partial charge is 0.361 e. The number of carbonyl (C=O) groups excluding carboxylic acids is 1. The molecule has 3 rings (SSSR count). The van der Waals surface area contributed by atoms with Gasteiger partial charge in [-0.25, -0.2) is 4.79 Å². The zero-order valence-electron chi connectivity index (χ0n) is 11.8. The second-order valence-corrected chi connectivity index (χ2v) is 5.98. The third-order valence-corrected chi connectivity index (χ3v) is 4.72. The average Bonchev–Trinajstić information content (AvgIpc) is 3.04. The van der Waals surface area contributed by atoms with Crippen molar-refractivity contribution in [3.8, 4) is 0 Å². The van der Waals surface area contributed by atoms with Gasteiger partial charge in [0.2, 0.25) is 0 Å². The van der Waals surface area contributed by atoms with Gasteiger partial charge in [-0.05, 0) is 18.6 Å². The maximum absolute atomic E-state index is 11.7. The summed E-state index contributed by atoms with van der Waals surface area (Å²) >= 11 is 1.86. The lowest BCUT2D eigenvalue weighted by Crippen LogP contribution is -2.12. The highest BCUT2D eigenvalue weighted by Crippen LogP contribution is 2.40. The first-order valence-corrected chi connectivity index (χ1v) is 7.89. The molecule has 2 heterocycles. The van der Waals surface area contributed by atoms with Crippen molar-refractivity contribution in [2.75, 3.05) is 18.1 Å². The van der Waals surface area contributed by atoms with Gasteiger partial charge in [-0.3, -0.25) is 4.68 Å². The number of aromatic nitrogens is 2. The molecular formula is C15H17N3O2S. The number of rotatable bonds is 4. The minimum absolute atomic E-state index is 0.204. The molecule has 1 aromatic carbocycles. The van der Waals surface area contributed by atoms with Crippen molar-refractivity contribution in [1.29, 1.82) is 0 Å². The summed E-state index contributed by atoms with van der Waals surface area (Å²) in [4.78, 5) is 13.1. The molecule has 2 aromatic rings. The molecule has 0 bridgehead atoms. The van der Waals surface area contributed by atoms with Gasteiger partial charge in [-0.1, -0.05) is 18.2 Å². The third-order valence-electron chi connectivity index (χ3n) is 3.47. The van der Waals surface area contributed by atoms with E-state index in [9.17, 15) is 4.79 Å². The van der Waals surface area contributed by atoms with Crippen LogP contribution in [-0.2, 0) is 11.3 Å². The highest BCUT2D eigenvalue weighted by Gasteiger charge is 2.24. The Morgan fingerprint density at radius 2 is 2.33 bits per heavy atom. The molecule has 0 radical (unpaired) electrons. The molecular weight excluding hydrogens is 286 g/mol. The fourth-order valence-corrected chi connectivity index (χ4v) is 3.74. The Kier molecular flexibility index (Phi) is 3.88. The van der Waals surface area contributed by atoms with Crippen molar-refractivity contribution >= 4 is 23.4 Å². The van der Waals surface area contributed by atoms with Crippen LogP contribution in [0.3, 0.4) is 0 Å².